The van der Waals surface area contributed by atoms with E-state index in [4.69, 9.17) is 0 Å². The SMILES string of the molecule is CC(C)[N+](C)(C)C(S)=[N+](C)C. The Morgan fingerprint density at radius 3 is 1.73 bits per heavy atom. The van der Waals surface area contributed by atoms with Gasteiger partial charge in [0.2, 0.25) is 0 Å². The largest absolute Gasteiger partial charge is 0.396 e. The Morgan fingerprint density at radius 1 is 1.27 bits per heavy atom. The van der Waals surface area contributed by atoms with Gasteiger partial charge >= 0.3 is 5.17 Å². The van der Waals surface area contributed by atoms with Crippen LogP contribution in [0, 0.1) is 0 Å². The second-order valence-electron chi connectivity index (χ2n) is 3.83. The second kappa shape index (κ2) is 3.59. The second-order valence-corrected chi connectivity index (χ2v) is 4.23. The van der Waals surface area contributed by atoms with Gasteiger partial charge in [-0.1, -0.05) is 0 Å². The first-order chi connectivity index (χ1) is 4.80. The summed E-state index contributed by atoms with van der Waals surface area (Å²) in [7, 11) is 8.36. The zero-order valence-electron chi connectivity index (χ0n) is 8.42. The first kappa shape index (κ1) is 11.0. The van der Waals surface area contributed by atoms with E-state index >= 15 is 0 Å². The van der Waals surface area contributed by atoms with Crippen molar-refractivity contribution in [2.75, 3.05) is 28.2 Å². The maximum atomic E-state index is 4.46. The molecule has 0 aromatic heterocycles. The van der Waals surface area contributed by atoms with Gasteiger partial charge in [-0.05, 0) is 26.5 Å². The van der Waals surface area contributed by atoms with Crippen LogP contribution in [-0.4, -0.2) is 48.5 Å². The lowest BCUT2D eigenvalue weighted by Crippen LogP contribution is -2.51. The van der Waals surface area contributed by atoms with Crippen molar-refractivity contribution in [2.24, 2.45) is 0 Å². The summed E-state index contributed by atoms with van der Waals surface area (Å²) in [6, 6.07) is 0.560. The summed E-state index contributed by atoms with van der Waals surface area (Å²) in [6.07, 6.45) is 0. The Kier molecular flexibility index (Phi) is 3.58. The van der Waals surface area contributed by atoms with E-state index in [0.717, 1.165) is 9.65 Å². The number of rotatable bonds is 1. The normalized spacial score (nSPS) is 12.0. The summed E-state index contributed by atoms with van der Waals surface area (Å²) >= 11 is 4.46. The van der Waals surface area contributed by atoms with E-state index in [2.05, 4.69) is 40.6 Å². The third-order valence-electron chi connectivity index (χ3n) is 2.21. The third kappa shape index (κ3) is 2.49. The molecule has 0 aliphatic heterocycles. The number of amidine groups is 1. The highest BCUT2D eigenvalue weighted by molar-refractivity contribution is 7.96. The van der Waals surface area contributed by atoms with Crippen LogP contribution in [0.4, 0.5) is 0 Å². The van der Waals surface area contributed by atoms with Gasteiger partial charge in [-0.3, -0.25) is 0 Å². The van der Waals surface area contributed by atoms with Gasteiger partial charge in [0.05, 0.1) is 20.1 Å². The fraction of sp³-hybridized carbons (Fsp3) is 0.875. The molecule has 2 nitrogen and oxygen atoms in total. The first-order valence-electron chi connectivity index (χ1n) is 3.87. The number of nitrogens with zero attached hydrogens (tertiary/aromatic N) is 2. The Morgan fingerprint density at radius 2 is 1.64 bits per heavy atom. The number of hydrogen-bond acceptors (Lipinski definition) is 0. The zero-order valence-corrected chi connectivity index (χ0v) is 9.31. The zero-order chi connectivity index (χ0) is 9.23. The van der Waals surface area contributed by atoms with Gasteiger partial charge < -0.3 is 0 Å². The molecular formula is C8H20N2S+2. The van der Waals surface area contributed by atoms with Crippen LogP contribution in [0.5, 0.6) is 0 Å². The molecular weight excluding hydrogens is 156 g/mol. The molecule has 66 valence electrons. The standard InChI is InChI=1S/C8H19N2S/c1-7(2)10(5,6)8(11)9(3)4/h7H,1-6H3/q+1/p+1. The molecule has 0 amide bonds. The smallest absolute Gasteiger partial charge is 0.233 e. The maximum Gasteiger partial charge on any atom is 0.396 e. The fourth-order valence-electron chi connectivity index (χ4n) is 0.746. The molecule has 0 radical (unpaired) electrons. The minimum atomic E-state index is 0.560. The van der Waals surface area contributed by atoms with Crippen molar-refractivity contribution >= 4 is 17.8 Å². The minimum Gasteiger partial charge on any atom is -0.233 e. The molecule has 3 heteroatoms. The molecule has 0 aromatic rings. The van der Waals surface area contributed by atoms with Crippen LogP contribution in [0.2, 0.25) is 0 Å². The van der Waals surface area contributed by atoms with Crippen molar-refractivity contribution < 1.29 is 9.06 Å². The molecule has 0 bridgehead atoms. The van der Waals surface area contributed by atoms with Crippen molar-refractivity contribution in [3.8, 4) is 0 Å². The van der Waals surface area contributed by atoms with Crippen molar-refractivity contribution in [3.63, 3.8) is 0 Å². The monoisotopic (exact) mass is 176 g/mol. The van der Waals surface area contributed by atoms with Gasteiger partial charge in [0.1, 0.15) is 14.1 Å². The highest BCUT2D eigenvalue weighted by Crippen LogP contribution is 2.09. The molecule has 0 fully saturated rings. The van der Waals surface area contributed by atoms with E-state index in [1.165, 1.54) is 0 Å². The van der Waals surface area contributed by atoms with Crippen LogP contribution in [-0.2, 0) is 0 Å². The molecule has 0 heterocycles. The van der Waals surface area contributed by atoms with Crippen molar-refractivity contribution in [1.29, 1.82) is 0 Å². The van der Waals surface area contributed by atoms with Crippen molar-refractivity contribution in [3.05, 3.63) is 0 Å². The molecule has 0 aliphatic carbocycles. The maximum absolute atomic E-state index is 4.46. The quantitative estimate of drug-likeness (QED) is 0.200. The Balaban J connectivity index is 4.70. The Labute approximate surface area is 75.5 Å². The van der Waals surface area contributed by atoms with Crippen LogP contribution in [0.15, 0.2) is 0 Å². The van der Waals surface area contributed by atoms with Gasteiger partial charge in [-0.2, -0.15) is 4.58 Å². The van der Waals surface area contributed by atoms with Crippen LogP contribution in [0.3, 0.4) is 0 Å². The topological polar surface area (TPSA) is 3.01 Å². The highest BCUT2D eigenvalue weighted by atomic mass is 32.1. The molecule has 0 unspecified atom stereocenters. The Hall–Kier alpha value is -0.0200. The summed E-state index contributed by atoms with van der Waals surface area (Å²) in [5, 5.41) is 1.08. The van der Waals surface area contributed by atoms with Crippen LogP contribution in [0.25, 0.3) is 0 Å². The average molecular weight is 176 g/mol. The van der Waals surface area contributed by atoms with E-state index in [0.29, 0.717) is 6.04 Å². The van der Waals surface area contributed by atoms with E-state index in [9.17, 15) is 0 Å². The third-order valence-corrected chi connectivity index (χ3v) is 3.12. The van der Waals surface area contributed by atoms with Crippen molar-refractivity contribution in [2.45, 2.75) is 19.9 Å². The van der Waals surface area contributed by atoms with Gasteiger partial charge in [0, 0.05) is 0 Å². The number of quaternary nitrogens is 1. The fourth-order valence-corrected chi connectivity index (χ4v) is 0.977. The van der Waals surface area contributed by atoms with E-state index in [-0.39, 0.29) is 0 Å². The van der Waals surface area contributed by atoms with Crippen LogP contribution >= 0.6 is 12.6 Å². The average Bonchev–Trinajstić information content (AvgIpc) is 1.85. The number of hydrogen-bond donors (Lipinski definition) is 1. The summed E-state index contributed by atoms with van der Waals surface area (Å²) in [5.74, 6) is 0. The molecule has 0 atom stereocenters. The van der Waals surface area contributed by atoms with Crippen LogP contribution in [0.1, 0.15) is 13.8 Å². The Bertz CT molecular complexity index is 167. The molecule has 11 heavy (non-hydrogen) atoms. The van der Waals surface area contributed by atoms with E-state index in [1.54, 1.807) is 0 Å². The number of thiol groups is 1. The predicted octanol–water partition coefficient (Wildman–Crippen LogP) is 1.03. The minimum absolute atomic E-state index is 0.560. The molecule has 0 saturated carbocycles. The van der Waals surface area contributed by atoms with Gasteiger partial charge in [0.25, 0.3) is 0 Å². The molecule has 0 aromatic carbocycles. The summed E-state index contributed by atoms with van der Waals surface area (Å²) in [4.78, 5) is 0. The predicted molar refractivity (Wildman–Crippen MR) is 53.3 cm³/mol. The molecule has 0 saturated heterocycles. The first-order valence-corrected chi connectivity index (χ1v) is 4.32. The lowest BCUT2D eigenvalue weighted by Gasteiger charge is -2.28. The molecule has 0 N–H and O–H groups in total. The highest BCUT2D eigenvalue weighted by Gasteiger charge is 2.30. The van der Waals surface area contributed by atoms with Crippen molar-refractivity contribution in [1.82, 2.24) is 0 Å². The van der Waals surface area contributed by atoms with E-state index in [1.807, 2.05) is 18.7 Å². The van der Waals surface area contributed by atoms with E-state index < -0.39 is 0 Å². The molecule has 0 aliphatic rings. The van der Waals surface area contributed by atoms with Gasteiger partial charge in [0.15, 0.2) is 0 Å². The van der Waals surface area contributed by atoms with Crippen LogP contribution < -0.4 is 0 Å². The summed E-state index contributed by atoms with van der Waals surface area (Å²) in [5.41, 5.74) is 0. The van der Waals surface area contributed by atoms with Gasteiger partial charge in [-0.25, -0.2) is 4.48 Å². The lowest BCUT2D eigenvalue weighted by atomic mass is 10.3. The lowest BCUT2D eigenvalue weighted by molar-refractivity contribution is -0.840. The summed E-state index contributed by atoms with van der Waals surface area (Å²) in [6.45, 7) is 4.39. The summed E-state index contributed by atoms with van der Waals surface area (Å²) < 4.78 is 2.87. The molecule has 0 spiro atoms. The molecule has 0 rings (SSSR count). The van der Waals surface area contributed by atoms with Gasteiger partial charge in [-0.15, -0.1) is 0 Å².